The number of nitrogens with one attached hydrogen (secondary N) is 2. The molecular weight excluding hydrogens is 312 g/mol. The Morgan fingerprint density at radius 2 is 2.08 bits per heavy atom. The summed E-state index contributed by atoms with van der Waals surface area (Å²) < 4.78 is 0. The van der Waals surface area contributed by atoms with E-state index in [1.807, 2.05) is 25.1 Å². The second kappa shape index (κ2) is 8.62. The highest BCUT2D eigenvalue weighted by Crippen LogP contribution is 2.14. The number of benzene rings is 1. The van der Waals surface area contributed by atoms with Crippen molar-refractivity contribution in [3.05, 3.63) is 59.8 Å². The molecule has 1 saturated heterocycles. The maximum Gasteiger partial charge on any atom is 0.253 e. The minimum absolute atomic E-state index is 0.0397. The molecular formula is C20H26N4O. The lowest BCUT2D eigenvalue weighted by Crippen LogP contribution is -2.47. The normalized spacial score (nSPS) is 17.9. The number of carbonyl (C=O) groups is 1. The van der Waals surface area contributed by atoms with Crippen molar-refractivity contribution in [1.29, 1.82) is 0 Å². The van der Waals surface area contributed by atoms with Crippen molar-refractivity contribution in [1.82, 2.24) is 15.2 Å². The second-order valence-electron chi connectivity index (χ2n) is 6.50. The first-order valence-corrected chi connectivity index (χ1v) is 9.01. The van der Waals surface area contributed by atoms with E-state index in [1.165, 1.54) is 5.56 Å². The van der Waals surface area contributed by atoms with E-state index >= 15 is 0 Å². The van der Waals surface area contributed by atoms with Crippen molar-refractivity contribution < 1.29 is 4.79 Å². The average Bonchev–Trinajstić information content (AvgIpc) is 2.64. The van der Waals surface area contributed by atoms with Gasteiger partial charge in [-0.2, -0.15) is 0 Å². The van der Waals surface area contributed by atoms with Crippen molar-refractivity contribution in [2.75, 3.05) is 25.0 Å². The molecule has 2 heterocycles. The minimum Gasteiger partial charge on any atom is -0.370 e. The van der Waals surface area contributed by atoms with Gasteiger partial charge >= 0.3 is 0 Å². The fourth-order valence-electron chi connectivity index (χ4n) is 3.24. The van der Waals surface area contributed by atoms with Gasteiger partial charge in [-0.1, -0.05) is 30.3 Å². The molecule has 1 fully saturated rings. The third-order valence-electron chi connectivity index (χ3n) is 4.47. The van der Waals surface area contributed by atoms with Gasteiger partial charge in [0.05, 0.1) is 5.56 Å². The van der Waals surface area contributed by atoms with Gasteiger partial charge in [0.15, 0.2) is 0 Å². The molecule has 5 heteroatoms. The molecule has 1 aliphatic heterocycles. The van der Waals surface area contributed by atoms with Crippen LogP contribution in [0.25, 0.3) is 0 Å². The Balaban J connectivity index is 1.54. The van der Waals surface area contributed by atoms with Crippen LogP contribution in [0, 0.1) is 0 Å². The summed E-state index contributed by atoms with van der Waals surface area (Å²) in [5, 5.41) is 6.30. The van der Waals surface area contributed by atoms with Crippen LogP contribution in [-0.4, -0.2) is 41.5 Å². The lowest BCUT2D eigenvalue weighted by atomic mass is 10.0. The van der Waals surface area contributed by atoms with Gasteiger partial charge in [-0.3, -0.25) is 9.69 Å². The van der Waals surface area contributed by atoms with Crippen molar-refractivity contribution in [3.8, 4) is 0 Å². The lowest BCUT2D eigenvalue weighted by Gasteiger charge is -2.33. The first-order chi connectivity index (χ1) is 12.2. The van der Waals surface area contributed by atoms with Crippen LogP contribution in [0.2, 0.25) is 0 Å². The maximum atomic E-state index is 12.5. The summed E-state index contributed by atoms with van der Waals surface area (Å²) in [5.74, 6) is 0.757. The first-order valence-electron chi connectivity index (χ1n) is 9.01. The largest absolute Gasteiger partial charge is 0.370 e. The van der Waals surface area contributed by atoms with Crippen LogP contribution >= 0.6 is 0 Å². The monoisotopic (exact) mass is 338 g/mol. The smallest absolute Gasteiger partial charge is 0.253 e. The van der Waals surface area contributed by atoms with E-state index in [2.05, 4.69) is 44.8 Å². The third-order valence-corrected chi connectivity index (χ3v) is 4.47. The van der Waals surface area contributed by atoms with Gasteiger partial charge in [-0.15, -0.1) is 0 Å². The van der Waals surface area contributed by atoms with Gasteiger partial charge in [0.1, 0.15) is 5.82 Å². The zero-order valence-electron chi connectivity index (χ0n) is 14.7. The lowest BCUT2D eigenvalue weighted by molar-refractivity contribution is 0.0900. The molecule has 0 saturated carbocycles. The number of anilines is 1. The number of nitrogens with zero attached hydrogens (tertiary/aromatic N) is 2. The topological polar surface area (TPSA) is 57.3 Å². The van der Waals surface area contributed by atoms with Gasteiger partial charge < -0.3 is 10.6 Å². The highest BCUT2D eigenvalue weighted by atomic mass is 16.1. The Morgan fingerprint density at radius 3 is 2.80 bits per heavy atom. The quantitative estimate of drug-likeness (QED) is 0.850. The maximum absolute atomic E-state index is 12.5. The van der Waals surface area contributed by atoms with Gasteiger partial charge in [-0.25, -0.2) is 4.98 Å². The molecule has 0 radical (unpaired) electrons. The SMILES string of the molecule is CCNc1ccc(C(=O)NC2CCCN(Cc3ccccc3)C2)cn1. The molecule has 2 aromatic rings. The third kappa shape index (κ3) is 5.03. The Morgan fingerprint density at radius 1 is 1.24 bits per heavy atom. The standard InChI is InChI=1S/C20H26N4O/c1-2-21-19-11-10-17(13-22-19)20(25)23-18-9-6-12-24(15-18)14-16-7-4-3-5-8-16/h3-5,7-8,10-11,13,18H,2,6,9,12,14-15H2,1H3,(H,21,22)(H,23,25). The summed E-state index contributed by atoms with van der Waals surface area (Å²) in [4.78, 5) is 19.1. The van der Waals surface area contributed by atoms with E-state index in [1.54, 1.807) is 6.20 Å². The van der Waals surface area contributed by atoms with Crippen molar-refractivity contribution in [2.45, 2.75) is 32.4 Å². The predicted octanol–water partition coefficient (Wildman–Crippen LogP) is 2.91. The van der Waals surface area contributed by atoms with Gasteiger partial charge in [0.2, 0.25) is 0 Å². The Labute approximate surface area is 149 Å². The van der Waals surface area contributed by atoms with Crippen LogP contribution in [0.5, 0.6) is 0 Å². The van der Waals surface area contributed by atoms with E-state index in [4.69, 9.17) is 0 Å². The van der Waals surface area contributed by atoms with Crippen molar-refractivity contribution >= 4 is 11.7 Å². The molecule has 1 unspecified atom stereocenters. The minimum atomic E-state index is -0.0397. The van der Waals surface area contributed by atoms with E-state index in [0.717, 1.165) is 44.8 Å². The second-order valence-corrected chi connectivity index (χ2v) is 6.50. The molecule has 25 heavy (non-hydrogen) atoms. The van der Waals surface area contributed by atoms with E-state index < -0.39 is 0 Å². The molecule has 1 amide bonds. The van der Waals surface area contributed by atoms with Crippen LogP contribution in [-0.2, 0) is 6.54 Å². The zero-order chi connectivity index (χ0) is 17.5. The van der Waals surface area contributed by atoms with Crippen LogP contribution < -0.4 is 10.6 Å². The summed E-state index contributed by atoms with van der Waals surface area (Å²) in [6.45, 7) is 5.75. The summed E-state index contributed by atoms with van der Waals surface area (Å²) in [7, 11) is 0. The molecule has 1 aliphatic rings. The van der Waals surface area contributed by atoms with Gasteiger partial charge in [0, 0.05) is 31.9 Å². The Bertz CT molecular complexity index is 672. The van der Waals surface area contributed by atoms with Gasteiger partial charge in [0.25, 0.3) is 5.91 Å². The number of rotatable bonds is 6. The molecule has 1 aromatic heterocycles. The molecule has 0 bridgehead atoms. The fraction of sp³-hybridized carbons (Fsp3) is 0.400. The van der Waals surface area contributed by atoms with E-state index in [-0.39, 0.29) is 11.9 Å². The fourth-order valence-corrected chi connectivity index (χ4v) is 3.24. The van der Waals surface area contributed by atoms with Gasteiger partial charge in [-0.05, 0) is 44.0 Å². The number of pyridine rings is 1. The average molecular weight is 338 g/mol. The molecule has 1 aromatic carbocycles. The zero-order valence-corrected chi connectivity index (χ0v) is 14.7. The molecule has 132 valence electrons. The summed E-state index contributed by atoms with van der Waals surface area (Å²) in [5.41, 5.74) is 1.93. The number of piperidine rings is 1. The number of hydrogen-bond donors (Lipinski definition) is 2. The molecule has 2 N–H and O–H groups in total. The van der Waals surface area contributed by atoms with Crippen LogP contribution in [0.1, 0.15) is 35.7 Å². The highest BCUT2D eigenvalue weighted by molar-refractivity contribution is 5.94. The molecule has 1 atom stereocenters. The van der Waals surface area contributed by atoms with Crippen molar-refractivity contribution in [3.63, 3.8) is 0 Å². The molecule has 0 spiro atoms. The number of aromatic nitrogens is 1. The Hall–Kier alpha value is -2.40. The number of hydrogen-bond acceptors (Lipinski definition) is 4. The van der Waals surface area contributed by atoms with E-state index in [9.17, 15) is 4.79 Å². The van der Waals surface area contributed by atoms with Crippen LogP contribution in [0.15, 0.2) is 48.7 Å². The number of likely N-dealkylation sites (tertiary alicyclic amines) is 1. The number of carbonyl (C=O) groups excluding carboxylic acids is 1. The summed E-state index contributed by atoms with van der Waals surface area (Å²) >= 11 is 0. The van der Waals surface area contributed by atoms with E-state index in [0.29, 0.717) is 5.56 Å². The predicted molar refractivity (Wildman–Crippen MR) is 101 cm³/mol. The summed E-state index contributed by atoms with van der Waals surface area (Å²) in [6, 6.07) is 14.4. The molecule has 0 aliphatic carbocycles. The first kappa shape index (κ1) is 17.4. The summed E-state index contributed by atoms with van der Waals surface area (Å²) in [6.07, 6.45) is 3.77. The molecule has 5 nitrogen and oxygen atoms in total. The Kier molecular flexibility index (Phi) is 6.01. The van der Waals surface area contributed by atoms with Crippen LogP contribution in [0.4, 0.5) is 5.82 Å². The number of amides is 1. The van der Waals surface area contributed by atoms with Crippen molar-refractivity contribution in [2.24, 2.45) is 0 Å². The molecule has 3 rings (SSSR count). The van der Waals surface area contributed by atoms with Crippen LogP contribution in [0.3, 0.4) is 0 Å². The highest BCUT2D eigenvalue weighted by Gasteiger charge is 2.22.